The first-order valence-electron chi connectivity index (χ1n) is 4.22. The molecule has 3 N–H and O–H groups in total. The highest BCUT2D eigenvalue weighted by Gasteiger charge is 2.13. The fourth-order valence-corrected chi connectivity index (χ4v) is 0.919. The second kappa shape index (κ2) is 5.77. The molecule has 0 saturated carbocycles. The predicted molar refractivity (Wildman–Crippen MR) is 50.6 cm³/mol. The molecule has 0 bridgehead atoms. The normalized spacial score (nSPS) is 12.7. The van der Waals surface area contributed by atoms with Crippen LogP contribution in [0.4, 0.5) is 0 Å². The van der Waals surface area contributed by atoms with E-state index in [4.69, 9.17) is 5.73 Å². The molecule has 0 fully saturated rings. The minimum absolute atomic E-state index is 0.0939. The lowest BCUT2D eigenvalue weighted by atomic mass is 10.0. The molecule has 0 heterocycles. The second-order valence-corrected chi connectivity index (χ2v) is 3.27. The fraction of sp³-hybridized carbons (Fsp3) is 0.667. The third kappa shape index (κ3) is 4.91. The summed E-state index contributed by atoms with van der Waals surface area (Å²) in [6.45, 7) is 8.07. The third-order valence-corrected chi connectivity index (χ3v) is 1.48. The Kier molecular flexibility index (Phi) is 5.37. The van der Waals surface area contributed by atoms with Gasteiger partial charge < -0.3 is 11.1 Å². The summed E-state index contributed by atoms with van der Waals surface area (Å²) >= 11 is 0. The van der Waals surface area contributed by atoms with Gasteiger partial charge in [0.25, 0.3) is 0 Å². The Hall–Kier alpha value is -0.830. The SMILES string of the molecule is C=CCNC(=O)C(N)CC(C)C. The first kappa shape index (κ1) is 11.2. The van der Waals surface area contributed by atoms with E-state index in [1.807, 2.05) is 13.8 Å². The van der Waals surface area contributed by atoms with Gasteiger partial charge in [-0.2, -0.15) is 0 Å². The van der Waals surface area contributed by atoms with Crippen LogP contribution in [0.2, 0.25) is 0 Å². The minimum atomic E-state index is -0.384. The van der Waals surface area contributed by atoms with Crippen molar-refractivity contribution in [3.63, 3.8) is 0 Å². The molecular formula is C9H18N2O. The highest BCUT2D eigenvalue weighted by Crippen LogP contribution is 2.01. The quantitative estimate of drug-likeness (QED) is 0.596. The monoisotopic (exact) mass is 170 g/mol. The van der Waals surface area contributed by atoms with Crippen molar-refractivity contribution in [2.75, 3.05) is 6.54 Å². The molecule has 0 aromatic carbocycles. The summed E-state index contributed by atoms with van der Waals surface area (Å²) in [5, 5.41) is 2.66. The molecule has 0 aliphatic rings. The van der Waals surface area contributed by atoms with E-state index < -0.39 is 0 Å². The van der Waals surface area contributed by atoms with Crippen LogP contribution in [0, 0.1) is 5.92 Å². The molecule has 0 aliphatic heterocycles. The van der Waals surface area contributed by atoms with Crippen LogP contribution in [-0.4, -0.2) is 18.5 Å². The van der Waals surface area contributed by atoms with Crippen molar-refractivity contribution in [1.82, 2.24) is 5.32 Å². The first-order chi connectivity index (χ1) is 5.57. The largest absolute Gasteiger partial charge is 0.351 e. The van der Waals surface area contributed by atoms with E-state index in [9.17, 15) is 4.79 Å². The van der Waals surface area contributed by atoms with Gasteiger partial charge in [0.05, 0.1) is 6.04 Å². The van der Waals surface area contributed by atoms with E-state index in [-0.39, 0.29) is 11.9 Å². The Labute approximate surface area is 74.0 Å². The topological polar surface area (TPSA) is 55.1 Å². The van der Waals surface area contributed by atoms with Gasteiger partial charge in [-0.15, -0.1) is 6.58 Å². The number of carbonyl (C=O) groups is 1. The lowest BCUT2D eigenvalue weighted by molar-refractivity contribution is -0.122. The molecule has 3 nitrogen and oxygen atoms in total. The average molecular weight is 170 g/mol. The van der Waals surface area contributed by atoms with Gasteiger partial charge >= 0.3 is 0 Å². The van der Waals surface area contributed by atoms with Crippen LogP contribution in [0.15, 0.2) is 12.7 Å². The van der Waals surface area contributed by atoms with Gasteiger partial charge in [-0.1, -0.05) is 19.9 Å². The number of hydrogen-bond donors (Lipinski definition) is 2. The van der Waals surface area contributed by atoms with E-state index in [2.05, 4.69) is 11.9 Å². The number of rotatable bonds is 5. The molecule has 0 saturated heterocycles. The molecular weight excluding hydrogens is 152 g/mol. The number of nitrogens with one attached hydrogen (secondary N) is 1. The van der Waals surface area contributed by atoms with Crippen molar-refractivity contribution < 1.29 is 4.79 Å². The molecule has 0 aliphatic carbocycles. The Morgan fingerprint density at radius 1 is 1.67 bits per heavy atom. The molecule has 0 spiro atoms. The summed E-state index contributed by atoms with van der Waals surface area (Å²) in [6.07, 6.45) is 2.36. The lowest BCUT2D eigenvalue weighted by Gasteiger charge is -2.12. The molecule has 1 atom stereocenters. The highest BCUT2D eigenvalue weighted by molar-refractivity contribution is 5.81. The number of amides is 1. The summed E-state index contributed by atoms with van der Waals surface area (Å²) in [6, 6.07) is -0.384. The zero-order valence-corrected chi connectivity index (χ0v) is 7.84. The maximum absolute atomic E-state index is 11.2. The van der Waals surface area contributed by atoms with E-state index in [1.165, 1.54) is 0 Å². The van der Waals surface area contributed by atoms with Crippen LogP contribution >= 0.6 is 0 Å². The molecule has 0 radical (unpaired) electrons. The standard InChI is InChI=1S/C9H18N2O/c1-4-5-11-9(12)8(10)6-7(2)3/h4,7-8H,1,5-6,10H2,2-3H3,(H,11,12). The Bertz CT molecular complexity index is 155. The summed E-state index contributed by atoms with van der Waals surface area (Å²) in [4.78, 5) is 11.2. The minimum Gasteiger partial charge on any atom is -0.351 e. The van der Waals surface area contributed by atoms with Crippen LogP contribution in [0.3, 0.4) is 0 Å². The second-order valence-electron chi connectivity index (χ2n) is 3.27. The van der Waals surface area contributed by atoms with Crippen molar-refractivity contribution in [3.05, 3.63) is 12.7 Å². The van der Waals surface area contributed by atoms with Crippen molar-refractivity contribution in [2.45, 2.75) is 26.3 Å². The van der Waals surface area contributed by atoms with Crippen LogP contribution in [0.1, 0.15) is 20.3 Å². The number of nitrogens with two attached hydrogens (primary N) is 1. The zero-order valence-electron chi connectivity index (χ0n) is 7.84. The Morgan fingerprint density at radius 3 is 2.67 bits per heavy atom. The van der Waals surface area contributed by atoms with Crippen molar-refractivity contribution in [2.24, 2.45) is 11.7 Å². The van der Waals surface area contributed by atoms with Crippen molar-refractivity contribution in [1.29, 1.82) is 0 Å². The van der Waals surface area contributed by atoms with E-state index >= 15 is 0 Å². The summed E-state index contributed by atoms with van der Waals surface area (Å²) in [7, 11) is 0. The van der Waals surface area contributed by atoms with Gasteiger partial charge in [-0.3, -0.25) is 4.79 Å². The Morgan fingerprint density at radius 2 is 2.25 bits per heavy atom. The maximum atomic E-state index is 11.2. The molecule has 70 valence electrons. The molecule has 0 aromatic rings. The third-order valence-electron chi connectivity index (χ3n) is 1.48. The van der Waals surface area contributed by atoms with Gasteiger partial charge in [0.1, 0.15) is 0 Å². The van der Waals surface area contributed by atoms with Gasteiger partial charge in [0, 0.05) is 6.54 Å². The van der Waals surface area contributed by atoms with Gasteiger partial charge in [-0.25, -0.2) is 0 Å². The van der Waals surface area contributed by atoms with Crippen molar-refractivity contribution in [3.8, 4) is 0 Å². The van der Waals surface area contributed by atoms with Crippen molar-refractivity contribution >= 4 is 5.91 Å². The predicted octanol–water partition coefficient (Wildman–Crippen LogP) is 0.662. The molecule has 1 amide bonds. The Balaban J connectivity index is 3.68. The molecule has 0 aromatic heterocycles. The van der Waals surface area contributed by atoms with Crippen LogP contribution in [-0.2, 0) is 4.79 Å². The van der Waals surface area contributed by atoms with E-state index in [0.29, 0.717) is 12.5 Å². The number of hydrogen-bond acceptors (Lipinski definition) is 2. The summed E-state index contributed by atoms with van der Waals surface area (Å²) in [5.74, 6) is 0.359. The number of carbonyl (C=O) groups excluding carboxylic acids is 1. The highest BCUT2D eigenvalue weighted by atomic mass is 16.2. The van der Waals surface area contributed by atoms with Crippen LogP contribution in [0.25, 0.3) is 0 Å². The van der Waals surface area contributed by atoms with Crippen LogP contribution in [0.5, 0.6) is 0 Å². The lowest BCUT2D eigenvalue weighted by Crippen LogP contribution is -2.41. The molecule has 0 rings (SSSR count). The van der Waals surface area contributed by atoms with Crippen LogP contribution < -0.4 is 11.1 Å². The van der Waals surface area contributed by atoms with Gasteiger partial charge in [0.2, 0.25) is 5.91 Å². The summed E-state index contributed by atoms with van der Waals surface area (Å²) < 4.78 is 0. The van der Waals surface area contributed by atoms with E-state index in [1.54, 1.807) is 6.08 Å². The smallest absolute Gasteiger partial charge is 0.237 e. The molecule has 1 unspecified atom stereocenters. The zero-order chi connectivity index (χ0) is 9.56. The summed E-state index contributed by atoms with van der Waals surface area (Å²) in [5.41, 5.74) is 5.61. The molecule has 3 heteroatoms. The van der Waals surface area contributed by atoms with E-state index in [0.717, 1.165) is 6.42 Å². The fourth-order valence-electron chi connectivity index (χ4n) is 0.919. The first-order valence-corrected chi connectivity index (χ1v) is 4.22. The van der Waals surface area contributed by atoms with Gasteiger partial charge in [0.15, 0.2) is 0 Å². The van der Waals surface area contributed by atoms with Gasteiger partial charge in [-0.05, 0) is 12.3 Å². The maximum Gasteiger partial charge on any atom is 0.237 e. The average Bonchev–Trinajstić information content (AvgIpc) is 1.98. The molecule has 12 heavy (non-hydrogen) atoms.